The first-order valence-corrected chi connectivity index (χ1v) is 9.51. The van der Waals surface area contributed by atoms with Crippen molar-refractivity contribution in [1.29, 1.82) is 0 Å². The second kappa shape index (κ2) is 7.67. The van der Waals surface area contributed by atoms with Gasteiger partial charge in [0.05, 0.1) is 11.8 Å². The van der Waals surface area contributed by atoms with Crippen LogP contribution in [-0.2, 0) is 14.8 Å². The Morgan fingerprint density at radius 1 is 1.08 bits per heavy atom. The van der Waals surface area contributed by atoms with Crippen LogP contribution in [0.1, 0.15) is 27.6 Å². The van der Waals surface area contributed by atoms with Gasteiger partial charge in [-0.25, -0.2) is 13.2 Å². The van der Waals surface area contributed by atoms with Gasteiger partial charge in [0.25, 0.3) is 0 Å². The van der Waals surface area contributed by atoms with Gasteiger partial charge >= 0.3 is 5.97 Å². The molecule has 0 bridgehead atoms. The molecule has 0 unspecified atom stereocenters. The first-order valence-electron chi connectivity index (χ1n) is 7.24. The summed E-state index contributed by atoms with van der Waals surface area (Å²) < 4.78 is 29.8. The van der Waals surface area contributed by atoms with Crippen LogP contribution in [0.25, 0.3) is 0 Å². The minimum absolute atomic E-state index is 0.250. The van der Waals surface area contributed by atoms with Crippen LogP contribution in [0.2, 0.25) is 5.02 Å². The highest BCUT2D eigenvalue weighted by molar-refractivity contribution is 7.92. The predicted molar refractivity (Wildman–Crippen MR) is 95.6 cm³/mol. The second-order valence-corrected chi connectivity index (χ2v) is 7.56. The summed E-state index contributed by atoms with van der Waals surface area (Å²) in [5, 5.41) is 0.391. The molecule has 8 heteroatoms. The third kappa shape index (κ3) is 5.58. The molecule has 2 rings (SSSR count). The molecular weight excluding hydrogens is 366 g/mol. The van der Waals surface area contributed by atoms with Crippen LogP contribution in [0.15, 0.2) is 48.5 Å². The van der Waals surface area contributed by atoms with E-state index < -0.39 is 27.9 Å². The minimum Gasteiger partial charge on any atom is -0.451 e. The Morgan fingerprint density at radius 3 is 2.28 bits per heavy atom. The van der Waals surface area contributed by atoms with Crippen LogP contribution >= 0.6 is 11.6 Å². The molecule has 0 aliphatic rings. The molecule has 0 aromatic heterocycles. The fourth-order valence-electron chi connectivity index (χ4n) is 2.05. The number of halogens is 1. The highest BCUT2D eigenvalue weighted by Gasteiger charge is 2.20. The van der Waals surface area contributed by atoms with Crippen LogP contribution in [0.3, 0.4) is 0 Å². The predicted octanol–water partition coefficient (Wildman–Crippen LogP) is 3.14. The van der Waals surface area contributed by atoms with Crippen LogP contribution in [0, 0.1) is 0 Å². The van der Waals surface area contributed by atoms with E-state index in [4.69, 9.17) is 16.3 Å². The quantitative estimate of drug-likeness (QED) is 0.613. The molecule has 0 spiro atoms. The Kier molecular flexibility index (Phi) is 5.81. The van der Waals surface area contributed by atoms with E-state index in [1.165, 1.54) is 43.3 Å². The Bertz CT molecular complexity index is 894. The molecule has 25 heavy (non-hydrogen) atoms. The number of nitrogens with one attached hydrogen (secondary N) is 1. The lowest BCUT2D eigenvalue weighted by Crippen LogP contribution is -2.24. The summed E-state index contributed by atoms with van der Waals surface area (Å²) in [6.07, 6.45) is 0.0314. The molecule has 6 nitrogen and oxygen atoms in total. The Balaban J connectivity index is 2.05. The summed E-state index contributed by atoms with van der Waals surface area (Å²) >= 11 is 5.82. The molecule has 1 N–H and O–H groups in total. The molecule has 0 aliphatic carbocycles. The van der Waals surface area contributed by atoms with Crippen LogP contribution in [0.5, 0.6) is 0 Å². The average Bonchev–Trinajstić information content (AvgIpc) is 2.53. The summed E-state index contributed by atoms with van der Waals surface area (Å²) in [5.41, 5.74) is 0.882. The largest absolute Gasteiger partial charge is 0.451 e. The lowest BCUT2D eigenvalue weighted by atomic mass is 10.1. The summed E-state index contributed by atoms with van der Waals surface area (Å²) in [5.74, 6) is -1.06. The van der Waals surface area contributed by atoms with E-state index in [0.717, 1.165) is 6.26 Å². The first kappa shape index (κ1) is 19.0. The summed E-state index contributed by atoms with van der Waals surface area (Å²) in [4.78, 5) is 24.4. The van der Waals surface area contributed by atoms with Crippen molar-refractivity contribution in [2.45, 2.75) is 13.0 Å². The summed E-state index contributed by atoms with van der Waals surface area (Å²) in [6, 6.07) is 12.1. The first-order chi connectivity index (χ1) is 11.7. The van der Waals surface area contributed by atoms with E-state index in [9.17, 15) is 18.0 Å². The van der Waals surface area contributed by atoms with Crippen molar-refractivity contribution in [2.24, 2.45) is 0 Å². The number of carbonyl (C=O) groups is 2. The zero-order valence-electron chi connectivity index (χ0n) is 13.5. The number of ketones is 1. The maximum atomic E-state index is 12.3. The molecule has 0 radical (unpaired) electrons. The molecular formula is C17H16ClNO5S. The molecule has 2 aromatic rings. The van der Waals surface area contributed by atoms with Crippen molar-refractivity contribution in [2.75, 3.05) is 11.0 Å². The van der Waals surface area contributed by atoms with Gasteiger partial charge in [0, 0.05) is 16.3 Å². The number of Topliss-reactive ketones (excluding diaryl/α,β-unsaturated/α-hetero) is 1. The monoisotopic (exact) mass is 381 g/mol. The third-order valence-corrected chi connectivity index (χ3v) is 4.03. The molecule has 0 amide bonds. The number of anilines is 1. The molecule has 0 saturated heterocycles. The number of benzene rings is 2. The van der Waals surface area contributed by atoms with Crippen LogP contribution < -0.4 is 4.72 Å². The van der Waals surface area contributed by atoms with E-state index in [1.807, 2.05) is 0 Å². The molecule has 2 aromatic carbocycles. The van der Waals surface area contributed by atoms with Gasteiger partial charge in [-0.15, -0.1) is 0 Å². The zero-order valence-corrected chi connectivity index (χ0v) is 15.1. The molecule has 0 aliphatic heterocycles. The van der Waals surface area contributed by atoms with Crippen molar-refractivity contribution < 1.29 is 22.7 Å². The normalized spacial score (nSPS) is 12.3. The SMILES string of the molecule is C[C@H](OC(=O)c1cccc(Cl)c1)C(=O)c1ccc(NS(C)(=O)=O)cc1. The highest BCUT2D eigenvalue weighted by atomic mass is 35.5. The third-order valence-electron chi connectivity index (χ3n) is 3.19. The molecule has 1 atom stereocenters. The average molecular weight is 382 g/mol. The maximum absolute atomic E-state index is 12.3. The number of sulfonamides is 1. The number of rotatable bonds is 6. The number of carbonyl (C=O) groups excluding carboxylic acids is 2. The lowest BCUT2D eigenvalue weighted by molar-refractivity contribution is 0.0319. The minimum atomic E-state index is -3.39. The van der Waals surface area contributed by atoms with Crippen molar-refractivity contribution in [3.8, 4) is 0 Å². The van der Waals surface area contributed by atoms with Crippen LogP contribution in [0.4, 0.5) is 5.69 Å². The maximum Gasteiger partial charge on any atom is 0.338 e. The van der Waals surface area contributed by atoms with E-state index >= 15 is 0 Å². The van der Waals surface area contributed by atoms with Gasteiger partial charge in [0.2, 0.25) is 15.8 Å². The second-order valence-electron chi connectivity index (χ2n) is 5.37. The topological polar surface area (TPSA) is 89.5 Å². The smallest absolute Gasteiger partial charge is 0.338 e. The molecule has 0 fully saturated rings. The number of hydrogen-bond donors (Lipinski definition) is 1. The van der Waals surface area contributed by atoms with Gasteiger partial charge < -0.3 is 4.74 Å². The van der Waals surface area contributed by atoms with E-state index in [0.29, 0.717) is 16.3 Å². The van der Waals surface area contributed by atoms with Gasteiger partial charge in [0.15, 0.2) is 6.10 Å². The Morgan fingerprint density at radius 2 is 1.72 bits per heavy atom. The van der Waals surface area contributed by atoms with Gasteiger partial charge in [-0.1, -0.05) is 17.7 Å². The Hall–Kier alpha value is -2.38. The number of hydrogen-bond acceptors (Lipinski definition) is 5. The van der Waals surface area contributed by atoms with E-state index in [-0.39, 0.29) is 5.56 Å². The molecule has 0 saturated carbocycles. The van der Waals surface area contributed by atoms with Crippen molar-refractivity contribution in [3.05, 3.63) is 64.7 Å². The Labute approximate surface area is 150 Å². The fraction of sp³-hybridized carbons (Fsp3) is 0.176. The fourth-order valence-corrected chi connectivity index (χ4v) is 2.80. The van der Waals surface area contributed by atoms with Gasteiger partial charge in [-0.05, 0) is 49.4 Å². The van der Waals surface area contributed by atoms with Crippen molar-refractivity contribution >= 4 is 39.1 Å². The molecule has 0 heterocycles. The van der Waals surface area contributed by atoms with Gasteiger partial charge in [0.1, 0.15) is 0 Å². The lowest BCUT2D eigenvalue weighted by Gasteiger charge is -2.13. The van der Waals surface area contributed by atoms with E-state index in [1.54, 1.807) is 12.1 Å². The summed E-state index contributed by atoms with van der Waals surface area (Å²) in [7, 11) is -3.39. The van der Waals surface area contributed by atoms with Crippen LogP contribution in [-0.4, -0.2) is 32.5 Å². The number of ether oxygens (including phenoxy) is 1. The van der Waals surface area contributed by atoms with Gasteiger partial charge in [-0.3, -0.25) is 9.52 Å². The molecule has 132 valence electrons. The zero-order chi connectivity index (χ0) is 18.6. The van der Waals surface area contributed by atoms with Gasteiger partial charge in [-0.2, -0.15) is 0 Å². The standard InChI is InChI=1S/C17H16ClNO5S/c1-11(24-17(21)13-4-3-5-14(18)10-13)16(20)12-6-8-15(9-7-12)19-25(2,22)23/h3-11,19H,1-2H3/t11-/m0/s1. The van der Waals surface area contributed by atoms with Crippen molar-refractivity contribution in [3.63, 3.8) is 0 Å². The summed E-state index contributed by atoms with van der Waals surface area (Å²) in [6.45, 7) is 1.47. The van der Waals surface area contributed by atoms with E-state index in [2.05, 4.69) is 4.72 Å². The van der Waals surface area contributed by atoms with Crippen molar-refractivity contribution in [1.82, 2.24) is 0 Å². The highest BCUT2D eigenvalue weighted by Crippen LogP contribution is 2.16. The number of esters is 1.